The third-order valence-electron chi connectivity index (χ3n) is 3.75. The van der Waals surface area contributed by atoms with Crippen LogP contribution in [0.5, 0.6) is 11.5 Å². The van der Waals surface area contributed by atoms with Gasteiger partial charge in [0, 0.05) is 24.1 Å². The predicted octanol–water partition coefficient (Wildman–Crippen LogP) is 1.45. The molecular weight excluding hydrogens is 340 g/mol. The molecule has 0 amide bonds. The number of ether oxygens (including phenoxy) is 2. The smallest absolute Gasteiger partial charge is 0.325 e. The Kier molecular flexibility index (Phi) is 4.75. The number of nitrogens with two attached hydrogens (primary N) is 1. The maximum atomic E-state index is 11.2. The summed E-state index contributed by atoms with van der Waals surface area (Å²) < 4.78 is 11.4. The fraction of sp³-hybridized carbons (Fsp3) is 0.500. The van der Waals surface area contributed by atoms with Crippen LogP contribution in [0.3, 0.4) is 0 Å². The van der Waals surface area contributed by atoms with Crippen LogP contribution in [-0.4, -0.2) is 48.8 Å². The second-order valence-corrected chi connectivity index (χ2v) is 6.07. The van der Waals surface area contributed by atoms with Crippen LogP contribution in [0.2, 0.25) is 0 Å². The zero-order chi connectivity index (χ0) is 15.6. The van der Waals surface area contributed by atoms with Crippen molar-refractivity contribution in [3.05, 3.63) is 22.2 Å². The Hall–Kier alpha value is -1.31. The lowest BCUT2D eigenvalue weighted by Crippen LogP contribution is -2.50. The number of carboxylic acid groups (broad SMARTS) is 1. The van der Waals surface area contributed by atoms with E-state index in [1.807, 2.05) is 17.0 Å². The molecule has 1 aromatic rings. The standard InChI is InChI=1S/C14H19BrN2O4/c1-20-11-5-9(10(15)6-12(11)21-2)7-17-4-3-14(16,8-17)13(18)19/h5-6H,3-4,7-8,16H2,1-2H3,(H,18,19). The topological polar surface area (TPSA) is 85.0 Å². The third-order valence-corrected chi connectivity index (χ3v) is 4.49. The molecule has 0 bridgehead atoms. The number of aliphatic carboxylic acids is 1. The lowest BCUT2D eigenvalue weighted by atomic mass is 10.0. The van der Waals surface area contributed by atoms with Crippen molar-refractivity contribution < 1.29 is 19.4 Å². The number of benzene rings is 1. The summed E-state index contributed by atoms with van der Waals surface area (Å²) in [5.74, 6) is 0.344. The zero-order valence-corrected chi connectivity index (χ0v) is 13.6. The van der Waals surface area contributed by atoms with E-state index in [4.69, 9.17) is 20.3 Å². The van der Waals surface area contributed by atoms with Gasteiger partial charge in [0.1, 0.15) is 5.54 Å². The first-order valence-electron chi connectivity index (χ1n) is 6.54. The van der Waals surface area contributed by atoms with Gasteiger partial charge in [-0.2, -0.15) is 0 Å². The summed E-state index contributed by atoms with van der Waals surface area (Å²) in [6, 6.07) is 3.73. The molecular formula is C14H19BrN2O4. The Morgan fingerprint density at radius 2 is 2.05 bits per heavy atom. The second-order valence-electron chi connectivity index (χ2n) is 5.22. The Morgan fingerprint density at radius 3 is 2.57 bits per heavy atom. The van der Waals surface area contributed by atoms with Crippen molar-refractivity contribution in [3.63, 3.8) is 0 Å². The lowest BCUT2D eigenvalue weighted by Gasteiger charge is -2.21. The quantitative estimate of drug-likeness (QED) is 0.828. The molecule has 1 saturated heterocycles. The fourth-order valence-corrected chi connectivity index (χ4v) is 2.93. The summed E-state index contributed by atoms with van der Waals surface area (Å²) in [5.41, 5.74) is 5.74. The molecule has 1 fully saturated rings. The molecule has 0 spiro atoms. The molecule has 1 aromatic carbocycles. The lowest BCUT2D eigenvalue weighted by molar-refractivity contribution is -0.142. The van der Waals surface area contributed by atoms with Crippen molar-refractivity contribution in [2.75, 3.05) is 27.3 Å². The van der Waals surface area contributed by atoms with Gasteiger partial charge in [-0.05, 0) is 24.1 Å². The van der Waals surface area contributed by atoms with Crippen LogP contribution < -0.4 is 15.2 Å². The van der Waals surface area contributed by atoms with Gasteiger partial charge in [0.15, 0.2) is 11.5 Å². The minimum atomic E-state index is -1.15. The number of carboxylic acids is 1. The normalized spacial score (nSPS) is 22.3. The first-order chi connectivity index (χ1) is 9.89. The number of likely N-dealkylation sites (tertiary alicyclic amines) is 1. The molecule has 2 rings (SSSR count). The van der Waals surface area contributed by atoms with Crippen molar-refractivity contribution in [2.45, 2.75) is 18.5 Å². The number of hydrogen-bond acceptors (Lipinski definition) is 5. The first-order valence-corrected chi connectivity index (χ1v) is 7.34. The summed E-state index contributed by atoms with van der Waals surface area (Å²) >= 11 is 3.51. The van der Waals surface area contributed by atoms with E-state index in [0.717, 1.165) is 10.0 Å². The first kappa shape index (κ1) is 16.1. The van der Waals surface area contributed by atoms with Crippen LogP contribution in [0.25, 0.3) is 0 Å². The average molecular weight is 359 g/mol. The number of halogens is 1. The van der Waals surface area contributed by atoms with Crippen LogP contribution in [0.15, 0.2) is 16.6 Å². The molecule has 1 aliphatic rings. The van der Waals surface area contributed by atoms with Crippen molar-refractivity contribution in [1.29, 1.82) is 0 Å². The van der Waals surface area contributed by atoms with Crippen LogP contribution in [0, 0.1) is 0 Å². The third kappa shape index (κ3) is 3.30. The van der Waals surface area contributed by atoms with E-state index < -0.39 is 11.5 Å². The van der Waals surface area contributed by atoms with Crippen LogP contribution in [-0.2, 0) is 11.3 Å². The molecule has 7 heteroatoms. The molecule has 3 N–H and O–H groups in total. The van der Waals surface area contributed by atoms with Crippen molar-refractivity contribution in [2.24, 2.45) is 5.73 Å². The zero-order valence-electron chi connectivity index (χ0n) is 12.1. The van der Waals surface area contributed by atoms with Crippen LogP contribution in [0.4, 0.5) is 0 Å². The van der Waals surface area contributed by atoms with Gasteiger partial charge < -0.3 is 20.3 Å². The number of rotatable bonds is 5. The summed E-state index contributed by atoms with van der Waals surface area (Å²) in [7, 11) is 3.17. The summed E-state index contributed by atoms with van der Waals surface area (Å²) in [6.07, 6.45) is 0.452. The maximum Gasteiger partial charge on any atom is 0.325 e. The highest BCUT2D eigenvalue weighted by atomic mass is 79.9. The largest absolute Gasteiger partial charge is 0.493 e. The van der Waals surface area contributed by atoms with Crippen molar-refractivity contribution in [1.82, 2.24) is 4.90 Å². The van der Waals surface area contributed by atoms with Gasteiger partial charge in [-0.1, -0.05) is 15.9 Å². The average Bonchev–Trinajstić information content (AvgIpc) is 2.83. The number of carbonyl (C=O) groups is 1. The molecule has 0 saturated carbocycles. The second kappa shape index (κ2) is 6.21. The molecule has 116 valence electrons. The Labute approximate surface area is 131 Å². The molecule has 0 aromatic heterocycles. The summed E-state index contributed by atoms with van der Waals surface area (Å²) in [5, 5.41) is 9.16. The molecule has 0 aliphatic carbocycles. The number of nitrogens with zero attached hydrogens (tertiary/aromatic N) is 1. The van der Waals surface area contributed by atoms with E-state index >= 15 is 0 Å². The summed E-state index contributed by atoms with van der Waals surface area (Å²) in [6.45, 7) is 1.60. The predicted molar refractivity (Wildman–Crippen MR) is 81.7 cm³/mol. The number of methoxy groups -OCH3 is 2. The van der Waals surface area contributed by atoms with Crippen molar-refractivity contribution >= 4 is 21.9 Å². The van der Waals surface area contributed by atoms with E-state index in [9.17, 15) is 4.79 Å². The van der Waals surface area contributed by atoms with Gasteiger partial charge in [0.2, 0.25) is 0 Å². The number of hydrogen-bond donors (Lipinski definition) is 2. The highest BCUT2D eigenvalue weighted by molar-refractivity contribution is 9.10. The Balaban J connectivity index is 2.16. The maximum absolute atomic E-state index is 11.2. The van der Waals surface area contributed by atoms with E-state index in [0.29, 0.717) is 37.6 Å². The SMILES string of the molecule is COc1cc(Br)c(CN2CCC(N)(C(=O)O)C2)cc1OC. The van der Waals surface area contributed by atoms with Crippen LogP contribution in [0.1, 0.15) is 12.0 Å². The molecule has 21 heavy (non-hydrogen) atoms. The van der Waals surface area contributed by atoms with Crippen LogP contribution >= 0.6 is 15.9 Å². The van der Waals surface area contributed by atoms with E-state index in [2.05, 4.69) is 15.9 Å². The molecule has 1 unspecified atom stereocenters. The molecule has 1 aliphatic heterocycles. The van der Waals surface area contributed by atoms with Gasteiger partial charge in [0.05, 0.1) is 14.2 Å². The Bertz CT molecular complexity index is 552. The molecule has 0 radical (unpaired) electrons. The van der Waals surface area contributed by atoms with Gasteiger partial charge in [-0.15, -0.1) is 0 Å². The van der Waals surface area contributed by atoms with Gasteiger partial charge in [-0.3, -0.25) is 9.69 Å². The monoisotopic (exact) mass is 358 g/mol. The Morgan fingerprint density at radius 1 is 1.43 bits per heavy atom. The fourth-order valence-electron chi connectivity index (χ4n) is 2.48. The highest BCUT2D eigenvalue weighted by Gasteiger charge is 2.41. The molecule has 1 atom stereocenters. The van der Waals surface area contributed by atoms with E-state index in [-0.39, 0.29) is 0 Å². The van der Waals surface area contributed by atoms with Gasteiger partial charge in [0.25, 0.3) is 0 Å². The van der Waals surface area contributed by atoms with Crippen molar-refractivity contribution in [3.8, 4) is 11.5 Å². The van der Waals surface area contributed by atoms with E-state index in [1.54, 1.807) is 14.2 Å². The summed E-state index contributed by atoms with van der Waals surface area (Å²) in [4.78, 5) is 13.2. The minimum absolute atomic E-state index is 0.336. The van der Waals surface area contributed by atoms with E-state index in [1.165, 1.54) is 0 Å². The van der Waals surface area contributed by atoms with Gasteiger partial charge >= 0.3 is 5.97 Å². The highest BCUT2D eigenvalue weighted by Crippen LogP contribution is 2.34. The van der Waals surface area contributed by atoms with Gasteiger partial charge in [-0.25, -0.2) is 0 Å². The minimum Gasteiger partial charge on any atom is -0.493 e. The molecule has 6 nitrogen and oxygen atoms in total. The molecule has 1 heterocycles.